The monoisotopic (exact) mass is 423 g/mol. The smallest absolute Gasteiger partial charge is 0.373 e. The van der Waals surface area contributed by atoms with Gasteiger partial charge in [-0.3, -0.25) is 9.68 Å². The largest absolute Gasteiger partial charge is 0.457 e. The van der Waals surface area contributed by atoms with Gasteiger partial charge >= 0.3 is 5.97 Å². The first-order valence-electron chi connectivity index (χ1n) is 9.97. The number of benzene rings is 2. The SMILES string of the molecule is C/C=C(C(=O)Nc1ccc(Oc2ccc(C(C)(C)C)cc2)cc1)\C(=C/C)C(=O)OOC. The summed E-state index contributed by atoms with van der Waals surface area (Å²) in [5.74, 6) is 0.200. The Hall–Kier alpha value is -3.38. The van der Waals surface area contributed by atoms with E-state index < -0.39 is 11.9 Å². The summed E-state index contributed by atoms with van der Waals surface area (Å²) in [4.78, 5) is 33.5. The molecule has 0 bridgehead atoms. The van der Waals surface area contributed by atoms with Crippen LogP contribution in [-0.4, -0.2) is 19.0 Å². The van der Waals surface area contributed by atoms with Gasteiger partial charge in [0, 0.05) is 11.3 Å². The normalized spacial score (nSPS) is 12.3. The Morgan fingerprint density at radius 2 is 1.35 bits per heavy atom. The molecule has 0 spiro atoms. The highest BCUT2D eigenvalue weighted by Gasteiger charge is 2.21. The Balaban J connectivity index is 2.06. The highest BCUT2D eigenvalue weighted by molar-refractivity contribution is 6.14. The van der Waals surface area contributed by atoms with Gasteiger partial charge in [-0.2, -0.15) is 4.89 Å². The number of rotatable bonds is 7. The molecule has 2 aromatic carbocycles. The summed E-state index contributed by atoms with van der Waals surface area (Å²) in [6.45, 7) is 9.79. The molecule has 0 aliphatic rings. The second kappa shape index (κ2) is 10.6. The van der Waals surface area contributed by atoms with Crippen molar-refractivity contribution in [3.63, 3.8) is 0 Å². The fourth-order valence-electron chi connectivity index (χ4n) is 2.88. The molecule has 0 saturated carbocycles. The number of amides is 1. The zero-order valence-electron chi connectivity index (χ0n) is 18.8. The van der Waals surface area contributed by atoms with Crippen LogP contribution < -0.4 is 10.1 Å². The molecular formula is C25H29NO5. The van der Waals surface area contributed by atoms with Crippen LogP contribution in [0.3, 0.4) is 0 Å². The third-order valence-electron chi connectivity index (χ3n) is 4.56. The van der Waals surface area contributed by atoms with Crippen LogP contribution in [0.1, 0.15) is 40.2 Å². The Morgan fingerprint density at radius 3 is 1.81 bits per heavy atom. The van der Waals surface area contributed by atoms with Gasteiger partial charge in [0.2, 0.25) is 0 Å². The fraction of sp³-hybridized carbons (Fsp3) is 0.280. The number of carbonyl (C=O) groups is 2. The van der Waals surface area contributed by atoms with E-state index in [0.29, 0.717) is 11.4 Å². The van der Waals surface area contributed by atoms with Crippen LogP contribution in [0.2, 0.25) is 0 Å². The van der Waals surface area contributed by atoms with Crippen LogP contribution >= 0.6 is 0 Å². The van der Waals surface area contributed by atoms with Gasteiger partial charge in [0.15, 0.2) is 0 Å². The predicted molar refractivity (Wildman–Crippen MR) is 121 cm³/mol. The minimum atomic E-state index is -0.741. The first-order chi connectivity index (χ1) is 14.7. The summed E-state index contributed by atoms with van der Waals surface area (Å²) in [6.07, 6.45) is 3.04. The molecule has 0 atom stereocenters. The summed E-state index contributed by atoms with van der Waals surface area (Å²) in [5, 5.41) is 2.77. The van der Waals surface area contributed by atoms with E-state index in [0.717, 1.165) is 5.75 Å². The van der Waals surface area contributed by atoms with E-state index in [-0.39, 0.29) is 16.6 Å². The van der Waals surface area contributed by atoms with Gasteiger partial charge in [-0.1, -0.05) is 45.1 Å². The summed E-state index contributed by atoms with van der Waals surface area (Å²) < 4.78 is 5.88. The van der Waals surface area contributed by atoms with E-state index >= 15 is 0 Å². The third-order valence-corrected chi connectivity index (χ3v) is 4.56. The molecule has 2 rings (SSSR count). The van der Waals surface area contributed by atoms with Gasteiger partial charge in [-0.05, 0) is 61.2 Å². The average molecular weight is 424 g/mol. The van der Waals surface area contributed by atoms with Gasteiger partial charge in [-0.15, -0.1) is 0 Å². The Morgan fingerprint density at radius 1 is 0.839 bits per heavy atom. The summed E-state index contributed by atoms with van der Waals surface area (Å²) in [7, 11) is 1.23. The zero-order valence-corrected chi connectivity index (χ0v) is 18.8. The van der Waals surface area contributed by atoms with Crippen LogP contribution in [0.15, 0.2) is 71.8 Å². The first-order valence-corrected chi connectivity index (χ1v) is 9.97. The van der Waals surface area contributed by atoms with Crippen molar-refractivity contribution in [1.29, 1.82) is 0 Å². The standard InChI is InChI=1S/C25H29NO5/c1-7-21(22(8-2)24(28)31-29-6)23(27)26-18-11-15-20(16-12-18)30-19-13-9-17(10-14-19)25(3,4)5/h7-16H,1-6H3,(H,26,27)/b21-7+,22-8+. The second-order valence-corrected chi connectivity index (χ2v) is 7.80. The summed E-state index contributed by atoms with van der Waals surface area (Å²) in [5.41, 5.74) is 2.17. The highest BCUT2D eigenvalue weighted by atomic mass is 17.2. The topological polar surface area (TPSA) is 73.9 Å². The number of hydrogen-bond donors (Lipinski definition) is 1. The molecule has 0 unspecified atom stereocenters. The summed E-state index contributed by atoms with van der Waals surface area (Å²) >= 11 is 0. The van der Waals surface area contributed by atoms with Crippen molar-refractivity contribution in [2.24, 2.45) is 0 Å². The van der Waals surface area contributed by atoms with E-state index in [9.17, 15) is 9.59 Å². The molecule has 31 heavy (non-hydrogen) atoms. The molecule has 0 saturated heterocycles. The number of carbonyl (C=O) groups excluding carboxylic acids is 2. The maximum atomic E-state index is 12.6. The molecule has 164 valence electrons. The van der Waals surface area contributed by atoms with Crippen molar-refractivity contribution in [2.45, 2.75) is 40.0 Å². The number of allylic oxidation sites excluding steroid dienone is 2. The van der Waals surface area contributed by atoms with Crippen LogP contribution in [0.5, 0.6) is 11.5 Å². The Labute approximate surface area is 183 Å². The molecule has 0 aromatic heterocycles. The highest BCUT2D eigenvalue weighted by Crippen LogP contribution is 2.27. The lowest BCUT2D eigenvalue weighted by Gasteiger charge is -2.19. The molecule has 0 aliphatic carbocycles. The number of ether oxygens (including phenoxy) is 1. The quantitative estimate of drug-likeness (QED) is 0.267. The molecule has 0 heterocycles. The average Bonchev–Trinajstić information content (AvgIpc) is 2.73. The molecule has 0 aliphatic heterocycles. The molecule has 1 amide bonds. The lowest BCUT2D eigenvalue weighted by atomic mass is 9.87. The van der Waals surface area contributed by atoms with Crippen LogP contribution in [0, 0.1) is 0 Å². The second-order valence-electron chi connectivity index (χ2n) is 7.80. The molecule has 0 radical (unpaired) electrons. The predicted octanol–water partition coefficient (Wildman–Crippen LogP) is 5.71. The third kappa shape index (κ3) is 6.55. The Bertz CT molecular complexity index is 964. The van der Waals surface area contributed by atoms with E-state index in [4.69, 9.17) is 4.74 Å². The lowest BCUT2D eigenvalue weighted by molar-refractivity contribution is -0.250. The molecule has 1 N–H and O–H groups in total. The zero-order chi connectivity index (χ0) is 23.0. The first kappa shape index (κ1) is 23.9. The lowest BCUT2D eigenvalue weighted by Crippen LogP contribution is -2.20. The van der Waals surface area contributed by atoms with Crippen molar-refractivity contribution >= 4 is 17.6 Å². The Kier molecular flexibility index (Phi) is 8.16. The molecule has 6 heteroatoms. The van der Waals surface area contributed by atoms with Crippen LogP contribution in [0.25, 0.3) is 0 Å². The maximum absolute atomic E-state index is 12.6. The van der Waals surface area contributed by atoms with Crippen molar-refractivity contribution in [1.82, 2.24) is 0 Å². The van der Waals surface area contributed by atoms with Crippen molar-refractivity contribution in [3.8, 4) is 11.5 Å². The number of anilines is 1. The minimum absolute atomic E-state index is 0.0807. The number of nitrogens with one attached hydrogen (secondary N) is 1. The minimum Gasteiger partial charge on any atom is -0.457 e. The van der Waals surface area contributed by atoms with Gasteiger partial charge < -0.3 is 10.1 Å². The van der Waals surface area contributed by atoms with Crippen molar-refractivity contribution in [3.05, 3.63) is 77.4 Å². The van der Waals surface area contributed by atoms with Crippen molar-refractivity contribution in [2.75, 3.05) is 12.4 Å². The molecule has 2 aromatic rings. The van der Waals surface area contributed by atoms with E-state index in [2.05, 4.69) is 48.0 Å². The van der Waals surface area contributed by atoms with Crippen LogP contribution in [-0.2, 0) is 24.8 Å². The molecule has 6 nitrogen and oxygen atoms in total. The molecule has 0 fully saturated rings. The fourth-order valence-corrected chi connectivity index (χ4v) is 2.88. The van der Waals surface area contributed by atoms with Crippen molar-refractivity contribution < 1.29 is 24.1 Å². The van der Waals surface area contributed by atoms with Gasteiger partial charge in [-0.25, -0.2) is 4.79 Å². The van der Waals surface area contributed by atoms with Gasteiger partial charge in [0.1, 0.15) is 11.5 Å². The summed E-state index contributed by atoms with van der Waals surface area (Å²) in [6, 6.07) is 15.0. The van der Waals surface area contributed by atoms with E-state index in [1.807, 2.05) is 12.1 Å². The van der Waals surface area contributed by atoms with Crippen LogP contribution in [0.4, 0.5) is 5.69 Å². The number of hydrogen-bond acceptors (Lipinski definition) is 5. The van der Waals surface area contributed by atoms with E-state index in [1.165, 1.54) is 18.7 Å². The molecular weight excluding hydrogens is 394 g/mol. The van der Waals surface area contributed by atoms with Gasteiger partial charge in [0.25, 0.3) is 5.91 Å². The maximum Gasteiger partial charge on any atom is 0.373 e. The van der Waals surface area contributed by atoms with Gasteiger partial charge in [0.05, 0.1) is 12.7 Å². The van der Waals surface area contributed by atoms with E-state index in [1.54, 1.807) is 44.2 Å².